The Morgan fingerprint density at radius 2 is 2.09 bits per heavy atom. The van der Waals surface area contributed by atoms with E-state index in [2.05, 4.69) is 15.4 Å². The maximum absolute atomic E-state index is 13.2. The van der Waals surface area contributed by atoms with Gasteiger partial charge < -0.3 is 15.4 Å². The molecule has 1 atom stereocenters. The van der Waals surface area contributed by atoms with Crippen LogP contribution in [-0.2, 0) is 4.79 Å². The lowest BCUT2D eigenvalue weighted by Crippen LogP contribution is -2.48. The summed E-state index contributed by atoms with van der Waals surface area (Å²) in [7, 11) is 0. The summed E-state index contributed by atoms with van der Waals surface area (Å²) in [6, 6.07) is 3.05. The molecule has 1 aromatic carbocycles. The van der Waals surface area contributed by atoms with E-state index in [-0.39, 0.29) is 41.6 Å². The lowest BCUT2D eigenvalue weighted by molar-refractivity contribution is -0.153. The van der Waals surface area contributed by atoms with Crippen molar-refractivity contribution in [1.82, 2.24) is 5.32 Å². The highest BCUT2D eigenvalue weighted by Crippen LogP contribution is 2.29. The molecule has 130 valence electrons. The molecule has 0 spiro atoms. The van der Waals surface area contributed by atoms with E-state index in [4.69, 9.17) is 0 Å². The predicted molar refractivity (Wildman–Crippen MR) is 79.4 cm³/mol. The molecule has 1 saturated heterocycles. The number of amides is 1. The second-order valence-electron chi connectivity index (χ2n) is 5.24. The molecule has 1 aliphatic rings. The topological polar surface area (TPSA) is 50.4 Å². The zero-order valence-corrected chi connectivity index (χ0v) is 13.1. The smallest absolute Gasteiger partial charge is 0.422 e. The third kappa shape index (κ3) is 5.54. The average Bonchev–Trinajstić information content (AvgIpc) is 2.36. The first-order valence-corrected chi connectivity index (χ1v) is 6.77. The molecule has 2 rings (SSSR count). The van der Waals surface area contributed by atoms with E-state index >= 15 is 0 Å². The van der Waals surface area contributed by atoms with Crippen LogP contribution in [0, 0.1) is 17.7 Å². The number of hydrogen-bond acceptors (Lipinski definition) is 3. The molecule has 0 radical (unpaired) electrons. The Labute approximate surface area is 137 Å². The number of nitrogens with one attached hydrogen (secondary N) is 2. The first-order chi connectivity index (χ1) is 10.3. The average molecular weight is 357 g/mol. The van der Waals surface area contributed by atoms with Gasteiger partial charge in [0.2, 0.25) is 5.91 Å². The van der Waals surface area contributed by atoms with Crippen LogP contribution < -0.4 is 15.4 Å². The largest absolute Gasteiger partial charge is 0.482 e. The Morgan fingerprint density at radius 1 is 1.43 bits per heavy atom. The van der Waals surface area contributed by atoms with Crippen LogP contribution >= 0.6 is 12.4 Å². The molecule has 0 bridgehead atoms. The van der Waals surface area contributed by atoms with E-state index in [1.54, 1.807) is 6.92 Å². The van der Waals surface area contributed by atoms with Crippen molar-refractivity contribution >= 4 is 24.0 Å². The molecule has 0 aromatic heterocycles. The summed E-state index contributed by atoms with van der Waals surface area (Å²) in [5.41, 5.74) is 0.0229. The summed E-state index contributed by atoms with van der Waals surface area (Å²) in [4.78, 5) is 12.1. The minimum absolute atomic E-state index is 0. The van der Waals surface area contributed by atoms with E-state index in [9.17, 15) is 22.4 Å². The predicted octanol–water partition coefficient (Wildman–Crippen LogP) is 2.98. The van der Waals surface area contributed by atoms with Gasteiger partial charge in [0, 0.05) is 12.0 Å². The number of halogens is 5. The molecule has 1 unspecified atom stereocenters. The van der Waals surface area contributed by atoms with Gasteiger partial charge in [-0.05, 0) is 31.1 Å². The number of rotatable bonds is 5. The third-order valence-corrected chi connectivity index (χ3v) is 3.53. The number of alkyl halides is 3. The summed E-state index contributed by atoms with van der Waals surface area (Å²) in [5.74, 6) is -1.55. The minimum Gasteiger partial charge on any atom is -0.482 e. The van der Waals surface area contributed by atoms with Crippen LogP contribution in [0.5, 0.6) is 5.75 Å². The molecule has 0 saturated carbocycles. The van der Waals surface area contributed by atoms with Crippen molar-refractivity contribution in [2.75, 3.05) is 25.0 Å². The van der Waals surface area contributed by atoms with Gasteiger partial charge >= 0.3 is 6.18 Å². The molecule has 2 N–H and O–H groups in total. The van der Waals surface area contributed by atoms with Gasteiger partial charge in [-0.25, -0.2) is 4.39 Å². The first-order valence-electron chi connectivity index (χ1n) is 6.77. The van der Waals surface area contributed by atoms with Crippen molar-refractivity contribution in [3.63, 3.8) is 0 Å². The van der Waals surface area contributed by atoms with E-state index < -0.39 is 18.6 Å². The highest BCUT2D eigenvalue weighted by molar-refractivity contribution is 5.94. The Balaban J connectivity index is 0.00000264. The van der Waals surface area contributed by atoms with Crippen molar-refractivity contribution in [2.45, 2.75) is 13.1 Å². The van der Waals surface area contributed by atoms with Gasteiger partial charge in [-0.1, -0.05) is 6.92 Å². The van der Waals surface area contributed by atoms with Crippen molar-refractivity contribution in [1.29, 1.82) is 0 Å². The molecule has 1 aliphatic heterocycles. The summed E-state index contributed by atoms with van der Waals surface area (Å²) >= 11 is 0. The zero-order valence-electron chi connectivity index (χ0n) is 12.2. The molecule has 1 amide bonds. The Morgan fingerprint density at radius 3 is 2.61 bits per heavy atom. The van der Waals surface area contributed by atoms with Crippen LogP contribution in [0.4, 0.5) is 23.2 Å². The molecule has 1 fully saturated rings. The summed E-state index contributed by atoms with van der Waals surface area (Å²) in [6.07, 6.45) is -4.54. The summed E-state index contributed by atoms with van der Waals surface area (Å²) in [6.45, 7) is 1.62. The number of hydrogen-bond donors (Lipinski definition) is 2. The SMILES string of the molecule is CC(C(=O)Nc1ccc(F)cc1OCC(F)(F)F)C1CNC1.Cl. The molecule has 0 aliphatic carbocycles. The van der Waals surface area contributed by atoms with Crippen LogP contribution in [0.2, 0.25) is 0 Å². The van der Waals surface area contributed by atoms with Crippen LogP contribution in [0.15, 0.2) is 18.2 Å². The van der Waals surface area contributed by atoms with Crippen molar-refractivity contribution < 1.29 is 27.1 Å². The number of carbonyl (C=O) groups is 1. The zero-order chi connectivity index (χ0) is 16.3. The second-order valence-corrected chi connectivity index (χ2v) is 5.24. The standard InChI is InChI=1S/C14H16F4N2O2.ClH/c1-8(9-5-19-6-9)13(21)20-11-3-2-10(15)4-12(11)22-7-14(16,17)18;/h2-4,8-9,19H,5-7H2,1H3,(H,20,21);1H. The van der Waals surface area contributed by atoms with Crippen LogP contribution in [0.3, 0.4) is 0 Å². The molecule has 4 nitrogen and oxygen atoms in total. The second kappa shape index (κ2) is 7.83. The number of ether oxygens (including phenoxy) is 1. The number of anilines is 1. The highest BCUT2D eigenvalue weighted by atomic mass is 35.5. The molecular weight excluding hydrogens is 340 g/mol. The number of benzene rings is 1. The maximum Gasteiger partial charge on any atom is 0.422 e. The monoisotopic (exact) mass is 356 g/mol. The van der Waals surface area contributed by atoms with Gasteiger partial charge in [-0.3, -0.25) is 4.79 Å². The lowest BCUT2D eigenvalue weighted by atomic mass is 9.88. The first kappa shape index (κ1) is 19.5. The number of carbonyl (C=O) groups excluding carboxylic acids is 1. The lowest BCUT2D eigenvalue weighted by Gasteiger charge is -2.31. The normalized spacial score (nSPS) is 16.0. The van der Waals surface area contributed by atoms with E-state index in [1.165, 1.54) is 6.07 Å². The maximum atomic E-state index is 13.2. The van der Waals surface area contributed by atoms with Gasteiger partial charge in [-0.2, -0.15) is 13.2 Å². The third-order valence-electron chi connectivity index (χ3n) is 3.53. The quantitative estimate of drug-likeness (QED) is 0.797. The molecular formula is C14H17ClF4N2O2. The van der Waals surface area contributed by atoms with Crippen molar-refractivity contribution in [2.24, 2.45) is 11.8 Å². The van der Waals surface area contributed by atoms with E-state index in [1.807, 2.05) is 0 Å². The van der Waals surface area contributed by atoms with Gasteiger partial charge in [0.05, 0.1) is 5.69 Å². The molecule has 1 heterocycles. The summed E-state index contributed by atoms with van der Waals surface area (Å²) < 4.78 is 54.4. The Kier molecular flexibility index (Phi) is 6.64. The van der Waals surface area contributed by atoms with Crippen molar-refractivity contribution in [3.05, 3.63) is 24.0 Å². The molecule has 23 heavy (non-hydrogen) atoms. The Hall–Kier alpha value is -1.54. The van der Waals surface area contributed by atoms with Gasteiger partial charge in [-0.15, -0.1) is 12.4 Å². The van der Waals surface area contributed by atoms with Crippen LogP contribution in [-0.4, -0.2) is 31.8 Å². The van der Waals surface area contributed by atoms with E-state index in [0.29, 0.717) is 0 Å². The molecule has 9 heteroatoms. The van der Waals surface area contributed by atoms with Gasteiger partial charge in [0.25, 0.3) is 0 Å². The fraction of sp³-hybridized carbons (Fsp3) is 0.500. The van der Waals surface area contributed by atoms with Crippen molar-refractivity contribution in [3.8, 4) is 5.75 Å². The summed E-state index contributed by atoms with van der Waals surface area (Å²) in [5, 5.41) is 5.53. The fourth-order valence-corrected chi connectivity index (χ4v) is 2.00. The van der Waals surface area contributed by atoms with Crippen LogP contribution in [0.1, 0.15) is 6.92 Å². The van der Waals surface area contributed by atoms with Gasteiger partial charge in [0.15, 0.2) is 6.61 Å². The fourth-order valence-electron chi connectivity index (χ4n) is 2.00. The van der Waals surface area contributed by atoms with Gasteiger partial charge in [0.1, 0.15) is 11.6 Å². The highest BCUT2D eigenvalue weighted by Gasteiger charge is 2.31. The van der Waals surface area contributed by atoms with Crippen LogP contribution in [0.25, 0.3) is 0 Å². The molecule has 1 aromatic rings. The minimum atomic E-state index is -4.54. The Bertz CT molecular complexity index is 550. The van der Waals surface area contributed by atoms with E-state index in [0.717, 1.165) is 25.2 Å².